The van der Waals surface area contributed by atoms with E-state index in [9.17, 15) is 14.7 Å². The SMILES string of the molecule is CCC(CC)(C(C)=O)C(=O)OC(O)CCO.[Ti].[Ti]. The van der Waals surface area contributed by atoms with Gasteiger partial charge in [0, 0.05) is 56.5 Å². The Hall–Kier alpha value is 0.489. The van der Waals surface area contributed by atoms with Crippen molar-refractivity contribution in [2.24, 2.45) is 5.41 Å². The van der Waals surface area contributed by atoms with Crippen molar-refractivity contribution in [2.45, 2.75) is 46.3 Å². The van der Waals surface area contributed by atoms with E-state index in [-0.39, 0.29) is 62.2 Å². The monoisotopic (exact) mass is 328 g/mol. The number of carbonyl (C=O) groups is 2. The fraction of sp³-hybridized carbons (Fsp3) is 0.818. The number of esters is 1. The van der Waals surface area contributed by atoms with Crippen LogP contribution in [0.5, 0.6) is 0 Å². The summed E-state index contributed by atoms with van der Waals surface area (Å²) in [5.41, 5.74) is -1.17. The molecular weight excluding hydrogens is 308 g/mol. The van der Waals surface area contributed by atoms with Gasteiger partial charge in [-0.1, -0.05) is 13.8 Å². The maximum absolute atomic E-state index is 11.8. The van der Waals surface area contributed by atoms with Gasteiger partial charge in [0.2, 0.25) is 6.29 Å². The second-order valence-corrected chi connectivity index (χ2v) is 3.72. The van der Waals surface area contributed by atoms with Gasteiger partial charge in [0.15, 0.2) is 0 Å². The van der Waals surface area contributed by atoms with Crippen LogP contribution in [0.15, 0.2) is 0 Å². The second-order valence-electron chi connectivity index (χ2n) is 3.72. The molecule has 102 valence electrons. The Morgan fingerprint density at radius 1 is 1.22 bits per heavy atom. The van der Waals surface area contributed by atoms with Gasteiger partial charge < -0.3 is 14.9 Å². The van der Waals surface area contributed by atoms with E-state index in [1.165, 1.54) is 6.92 Å². The molecule has 1 unspecified atom stereocenters. The molecule has 18 heavy (non-hydrogen) atoms. The largest absolute Gasteiger partial charge is 0.435 e. The summed E-state index contributed by atoms with van der Waals surface area (Å²) in [6, 6.07) is 0. The van der Waals surface area contributed by atoms with Gasteiger partial charge in [-0.25, -0.2) is 0 Å². The van der Waals surface area contributed by atoms with Crippen molar-refractivity contribution in [2.75, 3.05) is 6.61 Å². The van der Waals surface area contributed by atoms with E-state index in [1.54, 1.807) is 13.8 Å². The topological polar surface area (TPSA) is 83.8 Å². The third kappa shape index (κ3) is 6.09. The first kappa shape index (κ1) is 23.6. The molecule has 0 fully saturated rings. The van der Waals surface area contributed by atoms with Crippen LogP contribution in [-0.2, 0) is 57.8 Å². The smallest absolute Gasteiger partial charge is 0.321 e. The summed E-state index contributed by atoms with van der Waals surface area (Å²) in [5, 5.41) is 17.8. The number of ether oxygens (including phenoxy) is 1. The van der Waals surface area contributed by atoms with E-state index >= 15 is 0 Å². The van der Waals surface area contributed by atoms with Crippen molar-refractivity contribution < 1.29 is 68.0 Å². The number of aliphatic hydroxyl groups is 2. The molecule has 0 aromatic carbocycles. The first-order chi connectivity index (χ1) is 7.44. The first-order valence-electron chi connectivity index (χ1n) is 5.45. The summed E-state index contributed by atoms with van der Waals surface area (Å²) in [7, 11) is 0. The molecule has 0 rings (SSSR count). The van der Waals surface area contributed by atoms with Crippen molar-refractivity contribution in [3.63, 3.8) is 0 Å². The predicted molar refractivity (Wildman–Crippen MR) is 57.5 cm³/mol. The molecule has 0 saturated heterocycles. The van der Waals surface area contributed by atoms with Gasteiger partial charge >= 0.3 is 5.97 Å². The number of hydrogen-bond donors (Lipinski definition) is 2. The minimum atomic E-state index is -1.35. The molecule has 0 bridgehead atoms. The van der Waals surface area contributed by atoms with Crippen LogP contribution < -0.4 is 0 Å². The van der Waals surface area contributed by atoms with Crippen molar-refractivity contribution in [3.8, 4) is 0 Å². The minimum absolute atomic E-state index is 0. The average molecular weight is 328 g/mol. The zero-order valence-electron chi connectivity index (χ0n) is 11.0. The standard InChI is InChI=1S/C11H20O5.2Ti/c1-4-11(5-2,8(3)13)10(15)16-9(14)6-7-12;;/h9,12,14H,4-7H2,1-3H3;;. The van der Waals surface area contributed by atoms with Crippen molar-refractivity contribution in [1.29, 1.82) is 0 Å². The summed E-state index contributed by atoms with van der Waals surface area (Å²) in [5.74, 6) is -0.982. The molecule has 1 atom stereocenters. The van der Waals surface area contributed by atoms with E-state index in [1.807, 2.05) is 0 Å². The number of carbonyl (C=O) groups excluding carboxylic acids is 2. The predicted octanol–water partition coefficient (Wildman–Crippen LogP) is 0.621. The summed E-state index contributed by atoms with van der Waals surface area (Å²) >= 11 is 0. The van der Waals surface area contributed by atoms with Crippen LogP contribution in [0.1, 0.15) is 40.0 Å². The minimum Gasteiger partial charge on any atom is -0.435 e. The number of hydrogen-bond acceptors (Lipinski definition) is 5. The second kappa shape index (κ2) is 11.3. The third-order valence-corrected chi connectivity index (χ3v) is 2.89. The van der Waals surface area contributed by atoms with Gasteiger partial charge in [-0.05, 0) is 19.8 Å². The number of rotatable bonds is 7. The Morgan fingerprint density at radius 3 is 1.94 bits per heavy atom. The molecule has 0 radical (unpaired) electrons. The number of Topliss-reactive ketones (excluding diaryl/α,β-unsaturated/α-hetero) is 1. The zero-order chi connectivity index (χ0) is 12.8. The Kier molecular flexibility index (Phi) is 14.8. The van der Waals surface area contributed by atoms with Crippen LogP contribution in [0.2, 0.25) is 0 Å². The molecule has 0 aromatic rings. The van der Waals surface area contributed by atoms with Crippen LogP contribution >= 0.6 is 0 Å². The zero-order valence-corrected chi connectivity index (χ0v) is 14.1. The number of ketones is 1. The van der Waals surface area contributed by atoms with Crippen LogP contribution in [0, 0.1) is 5.41 Å². The van der Waals surface area contributed by atoms with Crippen molar-refractivity contribution in [3.05, 3.63) is 0 Å². The Balaban J connectivity index is -0.00000112. The fourth-order valence-electron chi connectivity index (χ4n) is 1.59. The third-order valence-electron chi connectivity index (χ3n) is 2.89. The molecule has 0 saturated carbocycles. The van der Waals surface area contributed by atoms with Crippen LogP contribution in [0.25, 0.3) is 0 Å². The Bertz CT molecular complexity index is 254. The van der Waals surface area contributed by atoms with Gasteiger partial charge in [0.05, 0.1) is 0 Å². The van der Waals surface area contributed by atoms with E-state index in [0.29, 0.717) is 12.8 Å². The van der Waals surface area contributed by atoms with Gasteiger partial charge in [-0.2, -0.15) is 0 Å². The first-order valence-corrected chi connectivity index (χ1v) is 5.45. The average Bonchev–Trinajstić information content (AvgIpc) is 2.19. The van der Waals surface area contributed by atoms with Gasteiger partial charge in [0.1, 0.15) is 11.2 Å². The van der Waals surface area contributed by atoms with E-state index < -0.39 is 17.7 Å². The molecule has 0 aliphatic heterocycles. The molecule has 0 amide bonds. The number of aliphatic hydroxyl groups excluding tert-OH is 2. The molecule has 0 aliphatic rings. The summed E-state index contributed by atoms with van der Waals surface area (Å²) in [4.78, 5) is 23.2. The molecular formula is C11H20O5Ti2. The van der Waals surface area contributed by atoms with Crippen LogP contribution in [-0.4, -0.2) is 34.9 Å². The normalized spacial score (nSPS) is 11.8. The molecule has 0 aromatic heterocycles. The van der Waals surface area contributed by atoms with Crippen molar-refractivity contribution >= 4 is 11.8 Å². The van der Waals surface area contributed by atoms with Gasteiger partial charge in [-0.3, -0.25) is 9.59 Å². The van der Waals surface area contributed by atoms with Crippen LogP contribution in [0.3, 0.4) is 0 Å². The molecule has 2 N–H and O–H groups in total. The fourth-order valence-corrected chi connectivity index (χ4v) is 1.59. The summed E-state index contributed by atoms with van der Waals surface area (Å²) in [6.45, 7) is 4.52. The van der Waals surface area contributed by atoms with Crippen LogP contribution in [0.4, 0.5) is 0 Å². The van der Waals surface area contributed by atoms with Gasteiger partial charge in [0.25, 0.3) is 0 Å². The quantitative estimate of drug-likeness (QED) is 0.310. The Morgan fingerprint density at radius 2 is 1.67 bits per heavy atom. The molecule has 0 spiro atoms. The van der Waals surface area contributed by atoms with Gasteiger partial charge in [-0.15, -0.1) is 0 Å². The maximum atomic E-state index is 11.8. The molecule has 7 heteroatoms. The molecule has 5 nitrogen and oxygen atoms in total. The summed E-state index contributed by atoms with van der Waals surface area (Å²) in [6.07, 6.45) is -0.727. The molecule has 0 heterocycles. The van der Waals surface area contributed by atoms with E-state index in [0.717, 1.165) is 0 Å². The van der Waals surface area contributed by atoms with E-state index in [2.05, 4.69) is 0 Å². The van der Waals surface area contributed by atoms with Crippen molar-refractivity contribution in [1.82, 2.24) is 0 Å². The maximum Gasteiger partial charge on any atom is 0.321 e. The Labute approximate surface area is 137 Å². The molecule has 0 aliphatic carbocycles. The summed E-state index contributed by atoms with van der Waals surface area (Å²) < 4.78 is 4.74. The van der Waals surface area contributed by atoms with E-state index in [4.69, 9.17) is 9.84 Å².